The van der Waals surface area contributed by atoms with E-state index in [-0.39, 0.29) is 36.7 Å². The van der Waals surface area contributed by atoms with E-state index in [2.05, 4.69) is 38.8 Å². The highest BCUT2D eigenvalue weighted by molar-refractivity contribution is 7.12. The fourth-order valence-electron chi connectivity index (χ4n) is 4.73. The van der Waals surface area contributed by atoms with Gasteiger partial charge >= 0.3 is 18.2 Å². The molecule has 1 saturated heterocycles. The van der Waals surface area contributed by atoms with Crippen LogP contribution in [0.5, 0.6) is 0 Å². The third kappa shape index (κ3) is 9.02. The lowest BCUT2D eigenvalue weighted by atomic mass is 9.84. The van der Waals surface area contributed by atoms with Gasteiger partial charge in [-0.05, 0) is 71.7 Å². The quantitative estimate of drug-likeness (QED) is 0.263. The number of carboxylic acids is 1. The van der Waals surface area contributed by atoms with Crippen molar-refractivity contribution < 1.29 is 38.1 Å². The Hall–Kier alpha value is -2.48. The van der Waals surface area contributed by atoms with Gasteiger partial charge < -0.3 is 28.6 Å². The topological polar surface area (TPSA) is 128 Å². The SMILES string of the molecule is CC(C)(C)OC(=O)N1CC2CC(c3cnc(COCCO[Si](C)(C)C(C)(C)C)s3)=C(C(=O)O)[C@@H](C1)N2C(=O)OC(C)(C)C. The normalized spacial score (nSPS) is 19.9. The van der Waals surface area contributed by atoms with E-state index in [1.165, 1.54) is 21.1 Å². The highest BCUT2D eigenvalue weighted by Crippen LogP contribution is 2.41. The van der Waals surface area contributed by atoms with Gasteiger partial charge in [-0.1, -0.05) is 20.8 Å². The number of hydrogen-bond donors (Lipinski definition) is 1. The molecule has 0 aliphatic carbocycles. The summed E-state index contributed by atoms with van der Waals surface area (Å²) in [7, 11) is -1.86. The van der Waals surface area contributed by atoms with Crippen LogP contribution in [-0.2, 0) is 30.0 Å². The van der Waals surface area contributed by atoms with Gasteiger partial charge in [0.05, 0.1) is 42.4 Å². The van der Waals surface area contributed by atoms with Gasteiger partial charge in [-0.3, -0.25) is 4.90 Å². The predicted octanol–water partition coefficient (Wildman–Crippen LogP) is 6.15. The Labute approximate surface area is 260 Å². The summed E-state index contributed by atoms with van der Waals surface area (Å²) in [5, 5.41) is 11.3. The van der Waals surface area contributed by atoms with Gasteiger partial charge in [0.1, 0.15) is 16.2 Å². The number of carbonyl (C=O) groups is 3. The summed E-state index contributed by atoms with van der Waals surface area (Å²) in [5.41, 5.74) is -0.833. The number of aliphatic carboxylic acids is 1. The zero-order valence-corrected chi connectivity index (χ0v) is 29.3. The number of hydrogen-bond acceptors (Lipinski definition) is 9. The molecule has 11 nitrogen and oxygen atoms in total. The molecule has 242 valence electrons. The van der Waals surface area contributed by atoms with Crippen molar-refractivity contribution in [2.24, 2.45) is 0 Å². The molecule has 3 heterocycles. The van der Waals surface area contributed by atoms with Crippen molar-refractivity contribution in [1.82, 2.24) is 14.8 Å². The molecule has 0 saturated carbocycles. The Kier molecular flexibility index (Phi) is 10.5. The van der Waals surface area contributed by atoms with Crippen LogP contribution < -0.4 is 0 Å². The fourth-order valence-corrected chi connectivity index (χ4v) is 6.68. The molecule has 0 radical (unpaired) electrons. The van der Waals surface area contributed by atoms with Gasteiger partial charge in [0.15, 0.2) is 8.32 Å². The van der Waals surface area contributed by atoms with Gasteiger partial charge in [-0.25, -0.2) is 19.4 Å². The number of amides is 2. The third-order valence-corrected chi connectivity index (χ3v) is 13.3. The highest BCUT2D eigenvalue weighted by atomic mass is 32.1. The molecule has 0 aromatic carbocycles. The minimum absolute atomic E-state index is 0.0290. The van der Waals surface area contributed by atoms with Crippen molar-refractivity contribution in [3.05, 3.63) is 21.7 Å². The highest BCUT2D eigenvalue weighted by Gasteiger charge is 2.49. The first-order chi connectivity index (χ1) is 19.6. The number of fused-ring (bicyclic) bond motifs is 2. The predicted molar refractivity (Wildman–Crippen MR) is 168 cm³/mol. The number of carboxylic acid groups (broad SMARTS) is 1. The molecule has 13 heteroatoms. The number of aromatic nitrogens is 1. The number of nitrogens with zero attached hydrogens (tertiary/aromatic N) is 3. The van der Waals surface area contributed by atoms with Crippen molar-refractivity contribution in [2.75, 3.05) is 26.3 Å². The number of rotatable bonds is 8. The first-order valence-electron chi connectivity index (χ1n) is 14.7. The van der Waals surface area contributed by atoms with E-state index in [4.69, 9.17) is 18.6 Å². The molecule has 1 aromatic rings. The van der Waals surface area contributed by atoms with Crippen LogP contribution >= 0.6 is 11.3 Å². The van der Waals surface area contributed by atoms with Crippen molar-refractivity contribution >= 4 is 43.4 Å². The lowest BCUT2D eigenvalue weighted by Crippen LogP contribution is -2.65. The fraction of sp³-hybridized carbons (Fsp3) is 0.733. The van der Waals surface area contributed by atoms with Crippen molar-refractivity contribution in [2.45, 2.75) is 117 Å². The van der Waals surface area contributed by atoms with Gasteiger partial charge in [-0.15, -0.1) is 11.3 Å². The van der Waals surface area contributed by atoms with Crippen LogP contribution in [0.2, 0.25) is 18.1 Å². The zero-order chi connectivity index (χ0) is 32.5. The first-order valence-corrected chi connectivity index (χ1v) is 18.4. The van der Waals surface area contributed by atoms with E-state index >= 15 is 0 Å². The Morgan fingerprint density at radius 2 is 1.58 bits per heavy atom. The van der Waals surface area contributed by atoms with E-state index in [0.29, 0.717) is 23.7 Å². The van der Waals surface area contributed by atoms with Crippen LogP contribution in [0, 0.1) is 0 Å². The largest absolute Gasteiger partial charge is 0.478 e. The van der Waals surface area contributed by atoms with E-state index in [1.807, 2.05) is 0 Å². The summed E-state index contributed by atoms with van der Waals surface area (Å²) in [6.07, 6.45) is 0.731. The first kappa shape index (κ1) is 35.0. The summed E-state index contributed by atoms with van der Waals surface area (Å²) >= 11 is 1.37. The standard InChI is InChI=1S/C30H49N3O8SSi/c1-28(2,3)40-26(36)32-16-19-14-20(24(25(34)35)21(17-32)33(19)27(37)41-29(4,5)6)22-15-31-23(42-22)18-38-12-13-39-43(10,11)30(7,8)9/h15,19,21H,12-14,16-18H2,1-11H3,(H,34,35)/t19?,21-/m1/s1. The molecule has 2 aliphatic heterocycles. The molecular formula is C30H49N3O8SSi. The second-order valence-electron chi connectivity index (χ2n) is 14.6. The van der Waals surface area contributed by atoms with Crippen LogP contribution in [0.1, 0.15) is 78.6 Å². The number of ether oxygens (including phenoxy) is 3. The molecule has 43 heavy (non-hydrogen) atoms. The molecular weight excluding hydrogens is 590 g/mol. The van der Waals surface area contributed by atoms with Gasteiger partial charge in [-0.2, -0.15) is 0 Å². The van der Waals surface area contributed by atoms with E-state index in [1.54, 1.807) is 47.7 Å². The van der Waals surface area contributed by atoms with Gasteiger partial charge in [0, 0.05) is 19.3 Å². The number of thiazole rings is 1. The molecule has 1 fully saturated rings. The Morgan fingerprint density at radius 1 is 0.977 bits per heavy atom. The van der Waals surface area contributed by atoms with Crippen LogP contribution in [0.15, 0.2) is 11.8 Å². The van der Waals surface area contributed by atoms with Crippen LogP contribution in [-0.4, -0.2) is 96.0 Å². The van der Waals surface area contributed by atoms with Crippen molar-refractivity contribution in [3.63, 3.8) is 0 Å². The Bertz CT molecular complexity index is 1230. The van der Waals surface area contributed by atoms with Gasteiger partial charge in [0.25, 0.3) is 0 Å². The average Bonchev–Trinajstić information content (AvgIpc) is 3.28. The molecule has 1 aromatic heterocycles. The molecule has 1 unspecified atom stereocenters. The Morgan fingerprint density at radius 3 is 2.14 bits per heavy atom. The lowest BCUT2D eigenvalue weighted by molar-refractivity contribution is -0.134. The molecule has 0 spiro atoms. The lowest BCUT2D eigenvalue weighted by Gasteiger charge is -2.50. The maximum absolute atomic E-state index is 13.4. The number of carbonyl (C=O) groups excluding carboxylic acids is 2. The molecule has 2 bridgehead atoms. The van der Waals surface area contributed by atoms with E-state index in [0.717, 1.165) is 5.01 Å². The number of piperazine rings is 1. The summed E-state index contributed by atoms with van der Waals surface area (Å²) in [4.78, 5) is 47.3. The summed E-state index contributed by atoms with van der Waals surface area (Å²) < 4.78 is 23.3. The van der Waals surface area contributed by atoms with Crippen molar-refractivity contribution in [1.29, 1.82) is 0 Å². The summed E-state index contributed by atoms with van der Waals surface area (Å²) in [6.45, 7) is 23.0. The van der Waals surface area contributed by atoms with E-state index < -0.39 is 49.8 Å². The van der Waals surface area contributed by atoms with Crippen LogP contribution in [0.4, 0.5) is 9.59 Å². The zero-order valence-electron chi connectivity index (χ0n) is 27.5. The monoisotopic (exact) mass is 639 g/mol. The smallest absolute Gasteiger partial charge is 0.411 e. The summed E-state index contributed by atoms with van der Waals surface area (Å²) in [5.74, 6) is -1.16. The second kappa shape index (κ2) is 12.9. The second-order valence-corrected chi connectivity index (χ2v) is 20.5. The minimum atomic E-state index is -1.86. The van der Waals surface area contributed by atoms with Crippen molar-refractivity contribution in [3.8, 4) is 0 Å². The van der Waals surface area contributed by atoms with Gasteiger partial charge in [0.2, 0.25) is 0 Å². The molecule has 2 aliphatic rings. The molecule has 1 N–H and O–H groups in total. The molecule has 2 atom stereocenters. The van der Waals surface area contributed by atoms with E-state index in [9.17, 15) is 19.5 Å². The molecule has 3 rings (SSSR count). The molecule has 2 amide bonds. The minimum Gasteiger partial charge on any atom is -0.478 e. The van der Waals surface area contributed by atoms with Crippen LogP contribution in [0.3, 0.4) is 0 Å². The summed E-state index contributed by atoms with van der Waals surface area (Å²) in [6, 6.07) is -1.43. The Balaban J connectivity index is 1.83. The maximum atomic E-state index is 13.4. The average molecular weight is 640 g/mol. The maximum Gasteiger partial charge on any atom is 0.411 e. The third-order valence-electron chi connectivity index (χ3n) is 7.71. The van der Waals surface area contributed by atoms with Crippen LogP contribution in [0.25, 0.3) is 5.57 Å².